The van der Waals surface area contributed by atoms with Gasteiger partial charge in [0.05, 0.1) is 23.4 Å². The van der Waals surface area contributed by atoms with Crippen LogP contribution in [0.5, 0.6) is 5.75 Å². The summed E-state index contributed by atoms with van der Waals surface area (Å²) in [5.41, 5.74) is 1.84. The van der Waals surface area contributed by atoms with Crippen LogP contribution in [0.1, 0.15) is 43.2 Å². The van der Waals surface area contributed by atoms with Gasteiger partial charge in [0.1, 0.15) is 5.75 Å². The molecule has 0 saturated carbocycles. The minimum absolute atomic E-state index is 0.0781. The average molecular weight is 377 g/mol. The third-order valence-electron chi connectivity index (χ3n) is 3.93. The third kappa shape index (κ3) is 4.39. The summed E-state index contributed by atoms with van der Waals surface area (Å²) in [6, 6.07) is 6.57. The van der Waals surface area contributed by atoms with Crippen molar-refractivity contribution in [2.24, 2.45) is 5.10 Å². The Morgan fingerprint density at radius 3 is 2.38 bits per heavy atom. The Bertz CT molecular complexity index is 915. The fraction of sp³-hybridized carbons (Fsp3) is 0.333. The van der Waals surface area contributed by atoms with Crippen LogP contribution in [0.2, 0.25) is 0 Å². The molecular weight excluding hydrogens is 354 g/mol. The summed E-state index contributed by atoms with van der Waals surface area (Å²) in [5.74, 6) is -0.158. The van der Waals surface area contributed by atoms with E-state index in [9.17, 15) is 18.6 Å². The molecule has 0 aliphatic carbocycles. The third-order valence-corrected chi connectivity index (χ3v) is 5.16. The summed E-state index contributed by atoms with van der Waals surface area (Å²) in [7, 11) is -3.84. The molecule has 140 valence electrons. The summed E-state index contributed by atoms with van der Waals surface area (Å²) in [6.45, 7) is 7.36. The molecule has 8 heteroatoms. The Hall–Kier alpha value is -2.45. The number of nitrogens with zero attached hydrogens (tertiary/aromatic N) is 2. The number of aryl methyl sites for hydroxylation is 1. The molecule has 0 amide bonds. The normalized spacial score (nSPS) is 12.5. The van der Waals surface area contributed by atoms with Crippen LogP contribution >= 0.6 is 0 Å². The number of aliphatic hydroxyl groups is 1. The van der Waals surface area contributed by atoms with Gasteiger partial charge >= 0.3 is 0 Å². The second-order valence-corrected chi connectivity index (χ2v) is 8.58. The molecule has 7 nitrogen and oxygen atoms in total. The Kier molecular flexibility index (Phi) is 5.68. The van der Waals surface area contributed by atoms with Crippen LogP contribution in [0, 0.1) is 6.92 Å². The molecule has 0 bridgehead atoms. The van der Waals surface area contributed by atoms with Gasteiger partial charge in [-0.3, -0.25) is 4.98 Å². The number of sulfonamides is 1. The summed E-state index contributed by atoms with van der Waals surface area (Å²) in [5, 5.41) is 23.0. The number of hydrazone groups is 1. The topological polar surface area (TPSA) is 112 Å². The lowest BCUT2D eigenvalue weighted by atomic mass is 9.87. The first-order valence-corrected chi connectivity index (χ1v) is 9.48. The standard InChI is InChI=1S/C18H23N3O4S/c1-12-17(23)16(13(11-22)9-19-12)10-20-21-26(24,25)15-7-5-14(6-8-15)18(2,3)4/h5-10,21-23H,11H2,1-4H3. The predicted octanol–water partition coefficient (Wildman–Crippen LogP) is 2.20. The van der Waals surface area contributed by atoms with Crippen LogP contribution in [0.15, 0.2) is 40.5 Å². The van der Waals surface area contributed by atoms with Crippen molar-refractivity contribution < 1.29 is 18.6 Å². The molecule has 0 aliphatic heterocycles. The molecule has 2 rings (SSSR count). The van der Waals surface area contributed by atoms with Gasteiger partial charge in [-0.15, -0.1) is 0 Å². The molecule has 0 unspecified atom stereocenters. The molecular formula is C18H23N3O4S. The fourth-order valence-electron chi connectivity index (χ4n) is 2.27. The van der Waals surface area contributed by atoms with Gasteiger partial charge in [0.25, 0.3) is 10.0 Å². The van der Waals surface area contributed by atoms with E-state index in [0.717, 1.165) is 11.8 Å². The minimum atomic E-state index is -3.84. The van der Waals surface area contributed by atoms with Crippen molar-refractivity contribution in [2.75, 3.05) is 0 Å². The second-order valence-electron chi connectivity index (χ2n) is 6.92. The molecule has 0 fully saturated rings. The predicted molar refractivity (Wildman–Crippen MR) is 99.6 cm³/mol. The van der Waals surface area contributed by atoms with Crippen LogP contribution in [0.4, 0.5) is 0 Å². The van der Waals surface area contributed by atoms with Crippen molar-refractivity contribution in [3.05, 3.63) is 52.8 Å². The zero-order chi connectivity index (χ0) is 19.5. The van der Waals surface area contributed by atoms with E-state index < -0.39 is 10.0 Å². The first-order valence-electron chi connectivity index (χ1n) is 8.00. The van der Waals surface area contributed by atoms with Gasteiger partial charge in [0, 0.05) is 17.3 Å². The molecule has 3 N–H and O–H groups in total. The molecule has 0 radical (unpaired) electrons. The number of aromatic hydroxyl groups is 1. The number of pyridine rings is 1. The highest BCUT2D eigenvalue weighted by atomic mass is 32.2. The molecule has 1 aromatic carbocycles. The molecule has 0 aliphatic rings. The van der Waals surface area contributed by atoms with Crippen LogP contribution in [0.3, 0.4) is 0 Å². The maximum atomic E-state index is 12.3. The Morgan fingerprint density at radius 2 is 1.85 bits per heavy atom. The summed E-state index contributed by atoms with van der Waals surface area (Å²) >= 11 is 0. The number of aromatic nitrogens is 1. The largest absolute Gasteiger partial charge is 0.505 e. The number of nitrogens with one attached hydrogen (secondary N) is 1. The highest BCUT2D eigenvalue weighted by molar-refractivity contribution is 7.89. The van der Waals surface area contributed by atoms with Gasteiger partial charge in [0.2, 0.25) is 0 Å². The minimum Gasteiger partial charge on any atom is -0.505 e. The van der Waals surface area contributed by atoms with E-state index in [0.29, 0.717) is 11.3 Å². The zero-order valence-electron chi connectivity index (χ0n) is 15.2. The lowest BCUT2D eigenvalue weighted by Crippen LogP contribution is -2.19. The maximum absolute atomic E-state index is 12.3. The van der Waals surface area contributed by atoms with Gasteiger partial charge in [-0.1, -0.05) is 32.9 Å². The second kappa shape index (κ2) is 7.43. The lowest BCUT2D eigenvalue weighted by molar-refractivity contribution is 0.280. The quantitative estimate of drug-likeness (QED) is 0.546. The van der Waals surface area contributed by atoms with E-state index in [1.165, 1.54) is 18.3 Å². The number of aliphatic hydroxyl groups excluding tert-OH is 1. The van der Waals surface area contributed by atoms with Crippen LogP contribution < -0.4 is 4.83 Å². The summed E-state index contributed by atoms with van der Waals surface area (Å²) in [4.78, 5) is 6.12. The molecule has 2 aromatic rings. The zero-order valence-corrected chi connectivity index (χ0v) is 16.0. The molecule has 1 aromatic heterocycles. The molecule has 0 atom stereocenters. The Balaban J connectivity index is 2.23. The van der Waals surface area contributed by atoms with Crippen molar-refractivity contribution in [3.63, 3.8) is 0 Å². The first-order chi connectivity index (χ1) is 12.1. The Morgan fingerprint density at radius 1 is 1.23 bits per heavy atom. The van der Waals surface area contributed by atoms with Crippen LogP contribution in [0.25, 0.3) is 0 Å². The molecule has 26 heavy (non-hydrogen) atoms. The number of benzene rings is 1. The SMILES string of the molecule is Cc1ncc(CO)c(C=NNS(=O)(=O)c2ccc(C(C)(C)C)cc2)c1O. The van der Waals surface area contributed by atoms with Crippen LogP contribution in [-0.4, -0.2) is 29.8 Å². The monoisotopic (exact) mass is 377 g/mol. The van der Waals surface area contributed by atoms with E-state index in [2.05, 4.69) is 14.9 Å². The van der Waals surface area contributed by atoms with Gasteiger partial charge in [-0.05, 0) is 30.0 Å². The van der Waals surface area contributed by atoms with Crippen molar-refractivity contribution in [3.8, 4) is 5.75 Å². The first kappa shape index (κ1) is 19.9. The average Bonchev–Trinajstić information content (AvgIpc) is 2.58. The van der Waals surface area contributed by atoms with Gasteiger partial charge in [0.15, 0.2) is 0 Å². The number of hydrogen-bond acceptors (Lipinski definition) is 6. The summed E-state index contributed by atoms with van der Waals surface area (Å²) in [6.07, 6.45) is 2.55. The highest BCUT2D eigenvalue weighted by Gasteiger charge is 2.17. The van der Waals surface area contributed by atoms with Crippen molar-refractivity contribution in [1.82, 2.24) is 9.82 Å². The molecule has 0 saturated heterocycles. The van der Waals surface area contributed by atoms with Gasteiger partial charge < -0.3 is 10.2 Å². The lowest BCUT2D eigenvalue weighted by Gasteiger charge is -2.19. The van der Waals surface area contributed by atoms with Gasteiger partial charge in [-0.25, -0.2) is 4.83 Å². The Labute approximate surface area is 153 Å². The number of rotatable bonds is 5. The summed E-state index contributed by atoms with van der Waals surface area (Å²) < 4.78 is 24.7. The number of hydrogen-bond donors (Lipinski definition) is 3. The van der Waals surface area contributed by atoms with Crippen molar-refractivity contribution in [1.29, 1.82) is 0 Å². The van der Waals surface area contributed by atoms with E-state index in [-0.39, 0.29) is 28.2 Å². The fourth-order valence-corrected chi connectivity index (χ4v) is 3.06. The van der Waals surface area contributed by atoms with E-state index in [1.807, 2.05) is 20.8 Å². The van der Waals surface area contributed by atoms with Gasteiger partial charge in [-0.2, -0.15) is 13.5 Å². The maximum Gasteiger partial charge on any atom is 0.276 e. The van der Waals surface area contributed by atoms with Crippen molar-refractivity contribution in [2.45, 2.75) is 44.6 Å². The molecule has 0 spiro atoms. The smallest absolute Gasteiger partial charge is 0.276 e. The van der Waals surface area contributed by atoms with Crippen molar-refractivity contribution >= 4 is 16.2 Å². The van der Waals surface area contributed by atoms with E-state index in [4.69, 9.17) is 0 Å². The van der Waals surface area contributed by atoms with Crippen LogP contribution in [-0.2, 0) is 22.0 Å². The van der Waals surface area contributed by atoms with E-state index >= 15 is 0 Å². The highest BCUT2D eigenvalue weighted by Crippen LogP contribution is 2.24. The van der Waals surface area contributed by atoms with E-state index in [1.54, 1.807) is 19.1 Å². The molecule has 1 heterocycles.